The number of hydrogen-bond donors (Lipinski definition) is 0. The normalized spacial score (nSPS) is 10.2. The standard InChI is InChI=1S/C27H28O7/c1-18(2)25(29)32-15-9-14-24(28)22-12-7-5-10-20(22)21-11-6-8-13-23(21)27(31)34-17-16-33-26(30)19(3)4/h5-8,10-13H,1,3,9,14-17H2,2,4H3. The Hall–Kier alpha value is -4.00. The van der Waals surface area contributed by atoms with Gasteiger partial charge in [0.25, 0.3) is 0 Å². The summed E-state index contributed by atoms with van der Waals surface area (Å²) in [5.41, 5.74) is 2.42. The Kier molecular flexibility index (Phi) is 9.95. The van der Waals surface area contributed by atoms with Crippen LogP contribution in [-0.2, 0) is 23.8 Å². The zero-order valence-electron chi connectivity index (χ0n) is 19.4. The van der Waals surface area contributed by atoms with Crippen LogP contribution in [0.4, 0.5) is 0 Å². The second kappa shape index (κ2) is 12.9. The highest BCUT2D eigenvalue weighted by molar-refractivity contribution is 6.05. The van der Waals surface area contributed by atoms with Gasteiger partial charge in [-0.05, 0) is 37.5 Å². The number of Topliss-reactive ketones (excluding diaryl/α,β-unsaturated/α-hetero) is 1. The first kappa shape index (κ1) is 26.3. The zero-order chi connectivity index (χ0) is 25.1. The van der Waals surface area contributed by atoms with Gasteiger partial charge in [0.15, 0.2) is 5.78 Å². The number of rotatable bonds is 12. The van der Waals surface area contributed by atoms with Crippen molar-refractivity contribution in [1.82, 2.24) is 0 Å². The molecular formula is C27H28O7. The molecule has 0 bridgehead atoms. The van der Waals surface area contributed by atoms with Gasteiger partial charge < -0.3 is 14.2 Å². The maximum absolute atomic E-state index is 12.9. The lowest BCUT2D eigenvalue weighted by Gasteiger charge is -2.13. The molecule has 0 fully saturated rings. The van der Waals surface area contributed by atoms with Crippen LogP contribution in [0.2, 0.25) is 0 Å². The number of benzene rings is 2. The first-order chi connectivity index (χ1) is 16.2. The van der Waals surface area contributed by atoms with Crippen molar-refractivity contribution in [1.29, 1.82) is 0 Å². The minimum Gasteiger partial charge on any atom is -0.462 e. The van der Waals surface area contributed by atoms with E-state index in [0.29, 0.717) is 28.7 Å². The highest BCUT2D eigenvalue weighted by atomic mass is 16.6. The average Bonchev–Trinajstić information content (AvgIpc) is 2.83. The van der Waals surface area contributed by atoms with Crippen molar-refractivity contribution >= 4 is 23.7 Å². The van der Waals surface area contributed by atoms with Gasteiger partial charge in [0, 0.05) is 23.1 Å². The van der Waals surface area contributed by atoms with Crippen LogP contribution in [-0.4, -0.2) is 43.5 Å². The summed E-state index contributed by atoms with van der Waals surface area (Å²) in [6, 6.07) is 13.8. The molecule has 0 aromatic heterocycles. The van der Waals surface area contributed by atoms with Crippen molar-refractivity contribution in [3.63, 3.8) is 0 Å². The topological polar surface area (TPSA) is 96.0 Å². The molecule has 178 valence electrons. The SMILES string of the molecule is C=C(C)C(=O)OCCCC(=O)c1ccccc1-c1ccccc1C(=O)OCCOC(=O)C(=C)C. The fourth-order valence-electron chi connectivity index (χ4n) is 2.98. The molecule has 0 aliphatic heterocycles. The Morgan fingerprint density at radius 1 is 0.676 bits per heavy atom. The van der Waals surface area contributed by atoms with E-state index >= 15 is 0 Å². The van der Waals surface area contributed by atoms with Crippen molar-refractivity contribution in [2.75, 3.05) is 19.8 Å². The monoisotopic (exact) mass is 464 g/mol. The van der Waals surface area contributed by atoms with E-state index in [1.807, 2.05) is 0 Å². The van der Waals surface area contributed by atoms with Gasteiger partial charge in [-0.15, -0.1) is 0 Å². The molecule has 0 N–H and O–H groups in total. The molecule has 2 rings (SSSR count). The second-order valence-electron chi connectivity index (χ2n) is 7.59. The van der Waals surface area contributed by atoms with Gasteiger partial charge in [0.1, 0.15) is 13.2 Å². The Morgan fingerprint density at radius 3 is 1.74 bits per heavy atom. The quantitative estimate of drug-likeness (QED) is 0.148. The van der Waals surface area contributed by atoms with Crippen molar-refractivity contribution in [3.05, 3.63) is 84.0 Å². The van der Waals surface area contributed by atoms with Crippen molar-refractivity contribution < 1.29 is 33.4 Å². The molecule has 0 spiro atoms. The summed E-state index contributed by atoms with van der Waals surface area (Å²) >= 11 is 0. The molecule has 34 heavy (non-hydrogen) atoms. The average molecular weight is 465 g/mol. The third-order valence-corrected chi connectivity index (χ3v) is 4.69. The lowest BCUT2D eigenvalue weighted by atomic mass is 9.92. The Labute approximate surface area is 199 Å². The highest BCUT2D eigenvalue weighted by Gasteiger charge is 2.19. The third kappa shape index (κ3) is 7.55. The first-order valence-electron chi connectivity index (χ1n) is 10.8. The van der Waals surface area contributed by atoms with Crippen LogP contribution in [0.25, 0.3) is 11.1 Å². The number of carbonyl (C=O) groups is 4. The summed E-state index contributed by atoms with van der Waals surface area (Å²) in [6.45, 7) is 9.99. The van der Waals surface area contributed by atoms with Gasteiger partial charge in [0.05, 0.1) is 12.2 Å². The van der Waals surface area contributed by atoms with Gasteiger partial charge in [-0.25, -0.2) is 14.4 Å². The van der Waals surface area contributed by atoms with E-state index in [-0.39, 0.29) is 43.2 Å². The van der Waals surface area contributed by atoms with Gasteiger partial charge >= 0.3 is 17.9 Å². The molecule has 0 saturated heterocycles. The second-order valence-corrected chi connectivity index (χ2v) is 7.59. The number of ketones is 1. The molecule has 0 radical (unpaired) electrons. The summed E-state index contributed by atoms with van der Waals surface area (Å²) in [7, 11) is 0. The number of esters is 3. The summed E-state index contributed by atoms with van der Waals surface area (Å²) < 4.78 is 15.2. The van der Waals surface area contributed by atoms with E-state index in [0.717, 1.165) is 0 Å². The van der Waals surface area contributed by atoms with E-state index in [4.69, 9.17) is 14.2 Å². The van der Waals surface area contributed by atoms with Crippen LogP contribution in [0.3, 0.4) is 0 Å². The minimum absolute atomic E-state index is 0.0926. The molecule has 0 aliphatic carbocycles. The molecule has 0 aliphatic rings. The first-order valence-corrected chi connectivity index (χ1v) is 10.8. The predicted molar refractivity (Wildman–Crippen MR) is 127 cm³/mol. The van der Waals surface area contributed by atoms with Crippen molar-refractivity contribution in [3.8, 4) is 11.1 Å². The largest absolute Gasteiger partial charge is 0.462 e. The minimum atomic E-state index is -0.601. The molecule has 2 aromatic carbocycles. The lowest BCUT2D eigenvalue weighted by molar-refractivity contribution is -0.140. The van der Waals surface area contributed by atoms with E-state index in [1.54, 1.807) is 55.5 Å². The van der Waals surface area contributed by atoms with Crippen LogP contribution in [0.15, 0.2) is 72.8 Å². The maximum atomic E-state index is 12.9. The van der Waals surface area contributed by atoms with Crippen LogP contribution < -0.4 is 0 Å². The van der Waals surface area contributed by atoms with Gasteiger partial charge in [-0.1, -0.05) is 55.6 Å². The fraction of sp³-hybridized carbons (Fsp3) is 0.259. The summed E-state index contributed by atoms with van der Waals surface area (Å²) in [5.74, 6) is -1.79. The van der Waals surface area contributed by atoms with Crippen LogP contribution in [0, 0.1) is 0 Å². The van der Waals surface area contributed by atoms with Gasteiger partial charge in [-0.2, -0.15) is 0 Å². The molecule has 0 unspecified atom stereocenters. The van der Waals surface area contributed by atoms with Gasteiger partial charge in [-0.3, -0.25) is 4.79 Å². The van der Waals surface area contributed by atoms with Crippen LogP contribution in [0.5, 0.6) is 0 Å². The van der Waals surface area contributed by atoms with E-state index in [1.165, 1.54) is 6.92 Å². The molecule has 0 heterocycles. The summed E-state index contributed by atoms with van der Waals surface area (Å²) in [4.78, 5) is 48.5. The molecule has 0 amide bonds. The van der Waals surface area contributed by atoms with E-state index < -0.39 is 17.9 Å². The molecule has 0 atom stereocenters. The highest BCUT2D eigenvalue weighted by Crippen LogP contribution is 2.29. The fourth-order valence-corrected chi connectivity index (χ4v) is 2.98. The van der Waals surface area contributed by atoms with Crippen LogP contribution >= 0.6 is 0 Å². The molecule has 7 heteroatoms. The molecule has 2 aromatic rings. The Balaban J connectivity index is 2.10. The van der Waals surface area contributed by atoms with Gasteiger partial charge in [0.2, 0.25) is 0 Å². The molecular weight excluding hydrogens is 436 g/mol. The van der Waals surface area contributed by atoms with Crippen molar-refractivity contribution in [2.45, 2.75) is 26.7 Å². The third-order valence-electron chi connectivity index (χ3n) is 4.69. The Bertz CT molecular complexity index is 1010. The number of carbonyl (C=O) groups excluding carboxylic acids is 4. The summed E-state index contributed by atoms with van der Waals surface area (Å²) in [5, 5.41) is 0. The zero-order valence-corrected chi connectivity index (χ0v) is 19.4. The smallest absolute Gasteiger partial charge is 0.338 e. The van der Waals surface area contributed by atoms with Crippen molar-refractivity contribution in [2.24, 2.45) is 0 Å². The summed E-state index contributed by atoms with van der Waals surface area (Å²) in [6.07, 6.45) is 0.528. The van der Waals surface area contributed by atoms with Crippen LogP contribution in [0.1, 0.15) is 47.4 Å². The predicted octanol–water partition coefficient (Wildman–Crippen LogP) is 4.71. The Morgan fingerprint density at radius 2 is 1.15 bits per heavy atom. The van der Waals surface area contributed by atoms with E-state index in [9.17, 15) is 19.2 Å². The molecule has 0 saturated carbocycles. The maximum Gasteiger partial charge on any atom is 0.338 e. The van der Waals surface area contributed by atoms with E-state index in [2.05, 4.69) is 13.2 Å². The number of ether oxygens (including phenoxy) is 3. The molecule has 7 nitrogen and oxygen atoms in total. The lowest BCUT2D eigenvalue weighted by Crippen LogP contribution is -2.15. The number of hydrogen-bond acceptors (Lipinski definition) is 7.